The highest BCUT2D eigenvalue weighted by atomic mass is 16.6. The van der Waals surface area contributed by atoms with Crippen LogP contribution in [-0.4, -0.2) is 64.0 Å². The van der Waals surface area contributed by atoms with Crippen LogP contribution in [0.4, 0.5) is 10.6 Å². The van der Waals surface area contributed by atoms with Crippen molar-refractivity contribution in [3.63, 3.8) is 0 Å². The summed E-state index contributed by atoms with van der Waals surface area (Å²) in [6.07, 6.45) is 11.3. The summed E-state index contributed by atoms with van der Waals surface area (Å²) in [4.78, 5) is 42.9. The third-order valence-corrected chi connectivity index (χ3v) is 10.1. The van der Waals surface area contributed by atoms with Crippen molar-refractivity contribution in [2.75, 3.05) is 25.2 Å². The number of aromatic nitrogens is 3. The van der Waals surface area contributed by atoms with Gasteiger partial charge in [0.1, 0.15) is 29.6 Å². The molecule has 0 saturated heterocycles. The van der Waals surface area contributed by atoms with Crippen LogP contribution in [0.3, 0.4) is 0 Å². The monoisotopic (exact) mass is 659 g/mol. The maximum Gasteiger partial charge on any atom is 0.407 e. The normalized spacial score (nSPS) is 22.9. The number of hydrogen-bond donors (Lipinski definition) is 2. The first-order valence-corrected chi connectivity index (χ1v) is 17.5. The van der Waals surface area contributed by atoms with E-state index < -0.39 is 11.6 Å². The van der Waals surface area contributed by atoms with E-state index >= 15 is 0 Å². The summed E-state index contributed by atoms with van der Waals surface area (Å²) in [6, 6.07) is 7.97. The fourth-order valence-electron chi connectivity index (χ4n) is 7.01. The van der Waals surface area contributed by atoms with Crippen LogP contribution in [0.2, 0.25) is 0 Å². The van der Waals surface area contributed by atoms with Crippen molar-refractivity contribution in [3.8, 4) is 17.0 Å². The van der Waals surface area contributed by atoms with Gasteiger partial charge in [0, 0.05) is 41.8 Å². The van der Waals surface area contributed by atoms with E-state index in [1.807, 2.05) is 30.0 Å². The fourth-order valence-corrected chi connectivity index (χ4v) is 7.01. The number of aliphatic hydroxyl groups is 1. The number of aliphatic hydroxyl groups excluding tert-OH is 1. The molecule has 3 aliphatic carbocycles. The minimum absolute atomic E-state index is 0.0670. The second kappa shape index (κ2) is 14.6. The van der Waals surface area contributed by atoms with Crippen LogP contribution in [0.1, 0.15) is 107 Å². The van der Waals surface area contributed by atoms with Crippen molar-refractivity contribution in [1.82, 2.24) is 20.3 Å². The van der Waals surface area contributed by atoms with Crippen LogP contribution in [0.15, 0.2) is 41.1 Å². The maximum absolute atomic E-state index is 14.3. The van der Waals surface area contributed by atoms with Crippen molar-refractivity contribution >= 4 is 17.8 Å². The van der Waals surface area contributed by atoms with Gasteiger partial charge in [-0.05, 0) is 115 Å². The molecule has 3 aliphatic rings. The molecule has 0 unspecified atom stereocenters. The Morgan fingerprint density at radius 1 is 1.00 bits per heavy atom. The van der Waals surface area contributed by atoms with E-state index in [1.54, 1.807) is 33.4 Å². The molecule has 3 heterocycles. The molecule has 3 fully saturated rings. The van der Waals surface area contributed by atoms with E-state index in [2.05, 4.69) is 11.4 Å². The number of methoxy groups -OCH3 is 1. The molecular weight excluding hydrogens is 610 g/mol. The van der Waals surface area contributed by atoms with Crippen LogP contribution in [0, 0.1) is 18.8 Å². The van der Waals surface area contributed by atoms with Gasteiger partial charge in [-0.1, -0.05) is 0 Å². The van der Waals surface area contributed by atoms with Crippen molar-refractivity contribution < 1.29 is 28.6 Å². The number of nitrogens with zero attached hydrogens (tertiary/aromatic N) is 4. The standard InChI is InChI=1S/C37H49N5O6/c1-23-32(46-4)16-15-30(39-23)25-7-5-24(6-8-25)20-42(33-19-28(17-18-38-33)31-21-47-34(40-31)26-9-10-26)35(44)27-11-13-29(14-12-27)48-36(45)41-37(2,3)22-43/h15-19,21,24-27,29,43H,5-14,20,22H2,1-4H3,(H,41,45). The number of aryl methyl sites for hydroxylation is 1. The Labute approximate surface area is 282 Å². The maximum atomic E-state index is 14.3. The Bertz CT molecular complexity index is 1570. The largest absolute Gasteiger partial charge is 0.495 e. The Balaban J connectivity index is 1.14. The highest BCUT2D eigenvalue weighted by molar-refractivity contribution is 5.94. The first-order chi connectivity index (χ1) is 23.1. The summed E-state index contributed by atoms with van der Waals surface area (Å²) in [5.41, 5.74) is 2.90. The number of carbonyl (C=O) groups excluding carboxylic acids is 2. The molecule has 0 spiro atoms. The molecule has 0 aromatic carbocycles. The van der Waals surface area contributed by atoms with E-state index in [1.165, 1.54) is 0 Å². The Morgan fingerprint density at radius 2 is 1.73 bits per heavy atom. The number of amides is 2. The van der Waals surface area contributed by atoms with Gasteiger partial charge in [-0.15, -0.1) is 0 Å². The summed E-state index contributed by atoms with van der Waals surface area (Å²) >= 11 is 0. The van der Waals surface area contributed by atoms with E-state index in [-0.39, 0.29) is 24.5 Å². The summed E-state index contributed by atoms with van der Waals surface area (Å²) < 4.78 is 16.8. The SMILES string of the molecule is COc1ccc(C2CCC(CN(C(=O)C3CCC(OC(=O)NC(C)(C)CO)CC3)c3cc(-c4coc(C5CC5)n4)ccn3)CC2)nc1C. The highest BCUT2D eigenvalue weighted by Crippen LogP contribution is 2.41. The lowest BCUT2D eigenvalue weighted by atomic mass is 9.79. The smallest absolute Gasteiger partial charge is 0.407 e. The summed E-state index contributed by atoms with van der Waals surface area (Å²) in [5, 5.41) is 12.2. The van der Waals surface area contributed by atoms with Gasteiger partial charge in [0.2, 0.25) is 5.91 Å². The fraction of sp³-hybridized carbons (Fsp3) is 0.595. The van der Waals surface area contributed by atoms with E-state index in [0.717, 1.165) is 72.8 Å². The van der Waals surface area contributed by atoms with Gasteiger partial charge in [-0.2, -0.15) is 0 Å². The number of alkyl carbamates (subject to hydrolysis) is 1. The average molecular weight is 660 g/mol. The summed E-state index contributed by atoms with van der Waals surface area (Å²) in [6.45, 7) is 5.86. The molecule has 3 aromatic rings. The molecule has 0 radical (unpaired) electrons. The molecule has 3 aromatic heterocycles. The Morgan fingerprint density at radius 3 is 2.40 bits per heavy atom. The lowest BCUT2D eigenvalue weighted by molar-refractivity contribution is -0.124. The topological polar surface area (TPSA) is 140 Å². The molecule has 258 valence electrons. The van der Waals surface area contributed by atoms with E-state index in [9.17, 15) is 14.7 Å². The van der Waals surface area contributed by atoms with Gasteiger partial charge in [0.15, 0.2) is 5.89 Å². The third kappa shape index (κ3) is 8.17. The molecule has 0 bridgehead atoms. The lowest BCUT2D eigenvalue weighted by Gasteiger charge is -2.35. The molecule has 11 nitrogen and oxygen atoms in total. The number of anilines is 1. The number of rotatable bonds is 11. The molecule has 0 aliphatic heterocycles. The average Bonchev–Trinajstić information content (AvgIpc) is 3.83. The Kier molecular flexibility index (Phi) is 10.3. The van der Waals surface area contributed by atoms with Crippen molar-refractivity contribution in [2.24, 2.45) is 11.8 Å². The van der Waals surface area contributed by atoms with E-state index in [4.69, 9.17) is 28.8 Å². The van der Waals surface area contributed by atoms with Crippen LogP contribution in [-0.2, 0) is 9.53 Å². The number of hydrogen-bond acceptors (Lipinski definition) is 9. The minimum atomic E-state index is -0.763. The molecule has 11 heteroatoms. The van der Waals surface area contributed by atoms with Gasteiger partial charge < -0.3 is 24.3 Å². The summed E-state index contributed by atoms with van der Waals surface area (Å²) in [7, 11) is 1.67. The van der Waals surface area contributed by atoms with Gasteiger partial charge in [-0.25, -0.2) is 14.8 Å². The number of ether oxygens (including phenoxy) is 2. The number of carbonyl (C=O) groups is 2. The lowest BCUT2D eigenvalue weighted by Crippen LogP contribution is -2.48. The molecule has 2 amide bonds. The quantitative estimate of drug-likeness (QED) is 0.230. The predicted molar refractivity (Wildman–Crippen MR) is 181 cm³/mol. The van der Waals surface area contributed by atoms with Crippen LogP contribution in [0.25, 0.3) is 11.3 Å². The zero-order chi connectivity index (χ0) is 33.8. The van der Waals surface area contributed by atoms with Crippen molar-refractivity contribution in [1.29, 1.82) is 0 Å². The summed E-state index contributed by atoms with van der Waals surface area (Å²) in [5.74, 6) is 3.23. The number of nitrogens with one attached hydrogen (secondary N) is 1. The van der Waals surface area contributed by atoms with Crippen LogP contribution >= 0.6 is 0 Å². The molecular formula is C37H49N5O6. The van der Waals surface area contributed by atoms with Crippen molar-refractivity contribution in [3.05, 3.63) is 54.0 Å². The number of oxazole rings is 1. The first kappa shape index (κ1) is 33.9. The van der Waals surface area contributed by atoms with Gasteiger partial charge in [-0.3, -0.25) is 14.7 Å². The zero-order valence-electron chi connectivity index (χ0n) is 28.6. The molecule has 3 saturated carbocycles. The van der Waals surface area contributed by atoms with Gasteiger partial charge in [0.25, 0.3) is 0 Å². The predicted octanol–water partition coefficient (Wildman–Crippen LogP) is 6.69. The first-order valence-electron chi connectivity index (χ1n) is 17.5. The van der Waals surface area contributed by atoms with Crippen LogP contribution < -0.4 is 15.0 Å². The van der Waals surface area contributed by atoms with E-state index in [0.29, 0.717) is 55.8 Å². The highest BCUT2D eigenvalue weighted by Gasteiger charge is 2.35. The molecule has 48 heavy (non-hydrogen) atoms. The van der Waals surface area contributed by atoms with Gasteiger partial charge >= 0.3 is 6.09 Å². The second-order valence-electron chi connectivity index (χ2n) is 14.5. The molecule has 2 N–H and O–H groups in total. The Hall–Kier alpha value is -3.99. The third-order valence-electron chi connectivity index (χ3n) is 10.1. The minimum Gasteiger partial charge on any atom is -0.495 e. The number of pyridine rings is 2. The van der Waals surface area contributed by atoms with Crippen LogP contribution in [0.5, 0.6) is 5.75 Å². The second-order valence-corrected chi connectivity index (χ2v) is 14.5. The van der Waals surface area contributed by atoms with Crippen molar-refractivity contribution in [2.45, 2.75) is 108 Å². The molecule has 6 rings (SSSR count). The zero-order valence-corrected chi connectivity index (χ0v) is 28.6. The molecule has 0 atom stereocenters. The van der Waals surface area contributed by atoms with Gasteiger partial charge in [0.05, 0.1) is 24.9 Å².